The number of nitrogens with zero attached hydrogens (tertiary/aromatic N) is 2. The Morgan fingerprint density at radius 1 is 1.11 bits per heavy atom. The van der Waals surface area contributed by atoms with E-state index < -0.39 is 16.6 Å². The lowest BCUT2D eigenvalue weighted by atomic mass is 10.00. The topological polar surface area (TPSA) is 172 Å². The van der Waals surface area contributed by atoms with Crippen molar-refractivity contribution in [3.05, 3.63) is 68.6 Å². The summed E-state index contributed by atoms with van der Waals surface area (Å²) in [6, 6.07) is 10.9. The number of anilines is 2. The molecule has 0 radical (unpaired) electrons. The Morgan fingerprint density at radius 3 is 2.68 bits per heavy atom. The Bertz CT molecular complexity index is 1300. The number of aromatic nitrogens is 2. The number of nitrogens with one attached hydrogen (secondary N) is 3. The number of benzene rings is 2. The van der Waals surface area contributed by atoms with E-state index in [1.54, 1.807) is 24.4 Å². The van der Waals surface area contributed by atoms with Gasteiger partial charge in [-0.2, -0.15) is 5.10 Å². The van der Waals surface area contributed by atoms with Gasteiger partial charge in [0.2, 0.25) is 0 Å². The minimum absolute atomic E-state index is 0.117. The maximum Gasteiger partial charge on any atom is 0.271 e. The Hall–Kier alpha value is -4.18. The van der Waals surface area contributed by atoms with E-state index >= 15 is 0 Å². The predicted octanol–water partition coefficient (Wildman–Crippen LogP) is 0.359. The summed E-state index contributed by atoms with van der Waals surface area (Å²) in [5.74, 6) is 4.72. The lowest BCUT2D eigenvalue weighted by Gasteiger charge is -2.13. The molecule has 0 saturated heterocycles. The summed E-state index contributed by atoms with van der Waals surface area (Å²) in [6.45, 7) is 0. The van der Waals surface area contributed by atoms with Crippen LogP contribution < -0.4 is 33.3 Å². The number of amidine groups is 1. The average molecular weight is 377 g/mol. The van der Waals surface area contributed by atoms with Crippen molar-refractivity contribution in [1.82, 2.24) is 15.7 Å². The standard InChI is InChI=1S/C18H15N7O3/c19-18(24-25-20)10-4-9(8-1-2-13-11(3-8)7-21-23-13)5-12(6-10)22-14-15(26)17(28)16(14)27/h1-7,22,25-26H,20H2,(H2,19,24)(H,21,23). The Kier molecular flexibility index (Phi) is 4.02. The van der Waals surface area contributed by atoms with Gasteiger partial charge in [-0.1, -0.05) is 6.07 Å². The van der Waals surface area contributed by atoms with Gasteiger partial charge in [0.15, 0.2) is 11.6 Å². The monoisotopic (exact) mass is 377 g/mol. The summed E-state index contributed by atoms with van der Waals surface area (Å²) in [7, 11) is 0. The van der Waals surface area contributed by atoms with E-state index in [2.05, 4.69) is 26.2 Å². The van der Waals surface area contributed by atoms with Gasteiger partial charge in [0.1, 0.15) is 5.69 Å². The number of H-pyrrole nitrogens is 1. The van der Waals surface area contributed by atoms with E-state index in [0.717, 1.165) is 22.0 Å². The summed E-state index contributed by atoms with van der Waals surface area (Å²) in [4.78, 5) is 22.9. The molecule has 3 aromatic carbocycles. The van der Waals surface area contributed by atoms with Crippen molar-refractivity contribution in [1.29, 1.82) is 0 Å². The number of hydrogen-bond acceptors (Lipinski definition) is 8. The van der Waals surface area contributed by atoms with Gasteiger partial charge in [-0.15, -0.1) is 5.10 Å². The van der Waals surface area contributed by atoms with Crippen LogP contribution in [0.15, 0.2) is 57.3 Å². The van der Waals surface area contributed by atoms with Crippen LogP contribution in [0.3, 0.4) is 0 Å². The zero-order valence-corrected chi connectivity index (χ0v) is 14.4. The fraction of sp³-hybridized carbons (Fsp3) is 0. The molecule has 0 unspecified atom stereocenters. The lowest BCUT2D eigenvalue weighted by Crippen LogP contribution is -2.32. The van der Waals surface area contributed by atoms with Crippen LogP contribution in [0.5, 0.6) is 5.75 Å². The molecule has 1 heterocycles. The maximum absolute atomic E-state index is 11.7. The van der Waals surface area contributed by atoms with Crippen LogP contribution in [0, 0.1) is 0 Å². The smallest absolute Gasteiger partial charge is 0.271 e. The Morgan fingerprint density at radius 2 is 1.93 bits per heavy atom. The van der Waals surface area contributed by atoms with Crippen LogP contribution in [0.1, 0.15) is 5.56 Å². The van der Waals surface area contributed by atoms with Gasteiger partial charge in [0, 0.05) is 22.8 Å². The van der Waals surface area contributed by atoms with Gasteiger partial charge in [0.25, 0.3) is 10.9 Å². The second-order valence-corrected chi connectivity index (χ2v) is 6.09. The van der Waals surface area contributed by atoms with Crippen molar-refractivity contribution >= 4 is 28.1 Å². The molecule has 0 aliphatic rings. The highest BCUT2D eigenvalue weighted by Gasteiger charge is 2.20. The molecule has 1 aromatic heterocycles. The molecule has 0 spiro atoms. The summed E-state index contributed by atoms with van der Waals surface area (Å²) < 4.78 is 0. The van der Waals surface area contributed by atoms with Gasteiger partial charge in [-0.25, -0.2) is 11.4 Å². The minimum Gasteiger partial charge on any atom is -0.502 e. The maximum atomic E-state index is 11.7. The normalized spacial score (nSPS) is 11.8. The number of fused-ring (bicyclic) bond motifs is 1. The zero-order valence-electron chi connectivity index (χ0n) is 14.4. The molecule has 28 heavy (non-hydrogen) atoms. The van der Waals surface area contributed by atoms with Crippen molar-refractivity contribution in [3.63, 3.8) is 0 Å². The summed E-state index contributed by atoms with van der Waals surface area (Å²) in [5.41, 5.74) is 9.60. The highest BCUT2D eigenvalue weighted by Crippen LogP contribution is 2.29. The van der Waals surface area contributed by atoms with E-state index in [4.69, 9.17) is 11.6 Å². The van der Waals surface area contributed by atoms with Crippen LogP contribution in [0.2, 0.25) is 0 Å². The van der Waals surface area contributed by atoms with Crippen LogP contribution >= 0.6 is 0 Å². The van der Waals surface area contributed by atoms with Crippen LogP contribution in [-0.4, -0.2) is 21.1 Å². The molecule has 0 saturated carbocycles. The Balaban J connectivity index is 1.83. The summed E-state index contributed by atoms with van der Waals surface area (Å²) >= 11 is 0. The van der Waals surface area contributed by atoms with E-state index in [9.17, 15) is 14.7 Å². The fourth-order valence-electron chi connectivity index (χ4n) is 2.91. The molecule has 10 nitrogen and oxygen atoms in total. The lowest BCUT2D eigenvalue weighted by molar-refractivity contribution is 0.466. The third-order valence-corrected chi connectivity index (χ3v) is 4.33. The minimum atomic E-state index is -0.919. The number of aromatic hydroxyl groups is 1. The molecular weight excluding hydrogens is 362 g/mol. The van der Waals surface area contributed by atoms with Gasteiger partial charge in [-0.3, -0.25) is 14.7 Å². The van der Waals surface area contributed by atoms with Crippen molar-refractivity contribution in [2.45, 2.75) is 0 Å². The predicted molar refractivity (Wildman–Crippen MR) is 106 cm³/mol. The van der Waals surface area contributed by atoms with Crippen molar-refractivity contribution in [2.75, 3.05) is 5.32 Å². The molecule has 4 aromatic rings. The number of nitrogens with two attached hydrogens (primary N) is 2. The first kappa shape index (κ1) is 17.2. The average Bonchev–Trinajstić information content (AvgIpc) is 3.19. The molecule has 10 heteroatoms. The van der Waals surface area contributed by atoms with Crippen LogP contribution in [0.4, 0.5) is 11.4 Å². The Labute approximate surface area is 157 Å². The highest BCUT2D eigenvalue weighted by molar-refractivity contribution is 6.00. The second-order valence-electron chi connectivity index (χ2n) is 6.09. The molecule has 0 fully saturated rings. The molecule has 4 rings (SSSR count). The number of hydrazone groups is 1. The molecule has 140 valence electrons. The zero-order chi connectivity index (χ0) is 19.8. The molecular formula is C18H15N7O3. The van der Waals surface area contributed by atoms with Gasteiger partial charge < -0.3 is 16.2 Å². The van der Waals surface area contributed by atoms with E-state index in [1.165, 1.54) is 0 Å². The number of aromatic amines is 1. The first-order valence-corrected chi connectivity index (χ1v) is 8.15. The second kappa shape index (κ2) is 6.52. The number of hydrogen-bond donors (Lipinski definition) is 6. The summed E-state index contributed by atoms with van der Waals surface area (Å²) in [6.07, 6.45) is 1.78. The molecule has 0 atom stereocenters. The van der Waals surface area contributed by atoms with Gasteiger partial charge in [0.05, 0.1) is 5.52 Å². The molecule has 0 bridgehead atoms. The molecule has 0 amide bonds. The third kappa shape index (κ3) is 2.83. The first-order chi connectivity index (χ1) is 13.5. The quantitative estimate of drug-likeness (QED) is 0.0951. The molecule has 0 aliphatic heterocycles. The van der Waals surface area contributed by atoms with E-state index in [0.29, 0.717) is 11.3 Å². The van der Waals surface area contributed by atoms with E-state index in [-0.39, 0.29) is 11.5 Å². The third-order valence-electron chi connectivity index (χ3n) is 4.33. The van der Waals surface area contributed by atoms with Crippen LogP contribution in [-0.2, 0) is 0 Å². The summed E-state index contributed by atoms with van der Waals surface area (Å²) in [5, 5.41) is 24.0. The first-order valence-electron chi connectivity index (χ1n) is 8.15. The SMILES string of the molecule is NN/N=C(\N)c1cc(Nc2c(O)c(=O)c2=O)cc(-c2ccc3n[nH]cc3c2)c1. The number of rotatable bonds is 5. The van der Waals surface area contributed by atoms with Gasteiger partial charge in [-0.05, 0) is 41.5 Å². The number of hydrazine groups is 1. The van der Waals surface area contributed by atoms with Crippen molar-refractivity contribution in [3.8, 4) is 16.9 Å². The highest BCUT2D eigenvalue weighted by atomic mass is 16.3. The van der Waals surface area contributed by atoms with Crippen molar-refractivity contribution < 1.29 is 5.11 Å². The molecule has 0 aliphatic carbocycles. The van der Waals surface area contributed by atoms with Crippen molar-refractivity contribution in [2.24, 2.45) is 16.7 Å². The largest absolute Gasteiger partial charge is 0.502 e. The van der Waals surface area contributed by atoms with E-state index in [1.807, 2.05) is 18.2 Å². The van der Waals surface area contributed by atoms with Gasteiger partial charge >= 0.3 is 0 Å². The fourth-order valence-corrected chi connectivity index (χ4v) is 2.91. The van der Waals surface area contributed by atoms with Crippen LogP contribution in [0.25, 0.3) is 22.0 Å². The molecule has 8 N–H and O–H groups in total.